The van der Waals surface area contributed by atoms with Crippen LogP contribution in [0.2, 0.25) is 0 Å². The van der Waals surface area contributed by atoms with E-state index in [9.17, 15) is 4.79 Å². The van der Waals surface area contributed by atoms with Crippen molar-refractivity contribution >= 4 is 22.8 Å². The molecule has 1 N–H and O–H groups in total. The molecule has 7 nitrogen and oxygen atoms in total. The van der Waals surface area contributed by atoms with E-state index in [1.54, 1.807) is 6.20 Å². The van der Waals surface area contributed by atoms with Crippen molar-refractivity contribution in [2.45, 2.75) is 18.6 Å². The van der Waals surface area contributed by atoms with Crippen LogP contribution in [0.3, 0.4) is 0 Å². The van der Waals surface area contributed by atoms with E-state index in [-0.39, 0.29) is 16.9 Å². The maximum atomic E-state index is 15.7. The number of halogens is 1. The zero-order valence-corrected chi connectivity index (χ0v) is 24.4. The van der Waals surface area contributed by atoms with Gasteiger partial charge in [0, 0.05) is 49.1 Å². The van der Waals surface area contributed by atoms with Crippen LogP contribution in [0.15, 0.2) is 113 Å². The number of ether oxygens (including phenoxy) is 1. The van der Waals surface area contributed by atoms with Gasteiger partial charge in [0.1, 0.15) is 12.3 Å². The maximum Gasteiger partial charge on any atom is 0.212 e. The molecular weight excluding hydrogens is 555 g/mol. The number of benzene rings is 4. The second-order valence-corrected chi connectivity index (χ2v) is 11.3. The number of hydrogen-bond acceptors (Lipinski definition) is 6. The van der Waals surface area contributed by atoms with E-state index in [0.717, 1.165) is 29.8 Å². The van der Waals surface area contributed by atoms with Crippen molar-refractivity contribution in [3.8, 4) is 5.75 Å². The fourth-order valence-electron chi connectivity index (χ4n) is 6.35. The number of aromatic nitrogens is 1. The first kappa shape index (κ1) is 27.9. The van der Waals surface area contributed by atoms with Crippen molar-refractivity contribution in [3.63, 3.8) is 0 Å². The highest BCUT2D eigenvalue weighted by Crippen LogP contribution is 2.43. The predicted molar refractivity (Wildman–Crippen MR) is 171 cm³/mol. The average Bonchev–Trinajstić information content (AvgIpc) is 3.08. The molecule has 0 radical (unpaired) electrons. The van der Waals surface area contributed by atoms with Crippen LogP contribution in [0.5, 0.6) is 5.75 Å². The fourth-order valence-corrected chi connectivity index (χ4v) is 6.35. The van der Waals surface area contributed by atoms with Crippen LogP contribution < -0.4 is 20.4 Å². The third-order valence-electron chi connectivity index (χ3n) is 8.53. The van der Waals surface area contributed by atoms with Gasteiger partial charge in [0.25, 0.3) is 0 Å². The van der Waals surface area contributed by atoms with E-state index >= 15 is 4.39 Å². The summed E-state index contributed by atoms with van der Waals surface area (Å²) in [5.74, 6) is -0.0396. The van der Waals surface area contributed by atoms with Gasteiger partial charge in [-0.05, 0) is 13.0 Å². The van der Waals surface area contributed by atoms with E-state index in [4.69, 9.17) is 9.57 Å². The van der Waals surface area contributed by atoms with Gasteiger partial charge in [-0.2, -0.15) is 0 Å². The Morgan fingerprint density at radius 1 is 0.932 bits per heavy atom. The van der Waals surface area contributed by atoms with E-state index in [1.165, 1.54) is 12.3 Å². The summed E-state index contributed by atoms with van der Waals surface area (Å²) in [4.78, 5) is 22.4. The molecule has 5 aromatic rings. The lowest BCUT2D eigenvalue weighted by Crippen LogP contribution is -2.44. The first-order valence-corrected chi connectivity index (χ1v) is 15.0. The van der Waals surface area contributed by atoms with Gasteiger partial charge in [-0.3, -0.25) is 4.79 Å². The molecule has 0 spiro atoms. The summed E-state index contributed by atoms with van der Waals surface area (Å²) in [5.41, 5.74) is 2.57. The largest absolute Gasteiger partial charge is 0.487 e. The summed E-state index contributed by atoms with van der Waals surface area (Å²) in [6.07, 6.45) is 3.22. The molecule has 3 heterocycles. The number of nitrogens with zero attached hydrogens (tertiary/aromatic N) is 3. The van der Waals surface area contributed by atoms with Gasteiger partial charge in [-0.1, -0.05) is 96.2 Å². The second kappa shape index (κ2) is 11.6. The Morgan fingerprint density at radius 2 is 1.50 bits per heavy atom. The van der Waals surface area contributed by atoms with E-state index in [2.05, 4.69) is 10.5 Å². The Morgan fingerprint density at radius 3 is 2.07 bits per heavy atom. The summed E-state index contributed by atoms with van der Waals surface area (Å²) in [7, 11) is 0. The number of anilines is 1. The SMILES string of the molecule is CC1COc2c(N3CCNCC3)c(F)cc3c(=O)c(C=NOC(c4ccccc4)(c4ccccc4)c4ccccc4)cn1c23. The van der Waals surface area contributed by atoms with Gasteiger partial charge in [0.05, 0.1) is 28.7 Å². The molecule has 44 heavy (non-hydrogen) atoms. The standard InChI is InChI=1S/C36H33FN4O3/c1-25-24-43-35-32-30(21-31(37)33(35)40-19-17-38-18-20-40)34(42)26(23-41(25)32)22-39-44-36(27-11-5-2-6-12-27,28-13-7-3-8-14-28)29-15-9-4-10-16-29/h2-16,21-23,25,38H,17-20,24H2,1H3. The van der Waals surface area contributed by atoms with E-state index in [1.807, 2.05) is 107 Å². The molecule has 1 fully saturated rings. The maximum absolute atomic E-state index is 15.7. The van der Waals surface area contributed by atoms with Crippen LogP contribution >= 0.6 is 0 Å². The normalized spacial score (nSPS) is 16.7. The van der Waals surface area contributed by atoms with E-state index in [0.29, 0.717) is 42.2 Å². The van der Waals surface area contributed by atoms with Crippen LogP contribution in [0.4, 0.5) is 10.1 Å². The molecule has 0 amide bonds. The molecule has 8 heteroatoms. The highest BCUT2D eigenvalue weighted by molar-refractivity contribution is 5.95. The Bertz CT molecular complexity index is 1770. The number of piperazine rings is 1. The van der Waals surface area contributed by atoms with Crippen molar-refractivity contribution < 1.29 is 14.0 Å². The minimum atomic E-state index is -1.08. The molecule has 0 aliphatic carbocycles. The highest BCUT2D eigenvalue weighted by Gasteiger charge is 2.39. The average molecular weight is 589 g/mol. The Balaban J connectivity index is 1.36. The first-order chi connectivity index (χ1) is 21.6. The molecule has 1 aromatic heterocycles. The third-order valence-corrected chi connectivity index (χ3v) is 8.53. The molecular formula is C36H33FN4O3. The second-order valence-electron chi connectivity index (χ2n) is 11.3. The smallest absolute Gasteiger partial charge is 0.212 e. The number of pyridine rings is 1. The first-order valence-electron chi connectivity index (χ1n) is 15.0. The van der Waals surface area contributed by atoms with Gasteiger partial charge >= 0.3 is 0 Å². The number of rotatable bonds is 7. The molecule has 1 saturated heterocycles. The minimum Gasteiger partial charge on any atom is -0.487 e. The minimum absolute atomic E-state index is 0.0722. The molecule has 2 aliphatic rings. The Kier molecular flexibility index (Phi) is 7.36. The topological polar surface area (TPSA) is 68.1 Å². The zero-order valence-electron chi connectivity index (χ0n) is 24.4. The van der Waals surface area contributed by atoms with Crippen LogP contribution in [-0.4, -0.2) is 43.6 Å². The van der Waals surface area contributed by atoms with Crippen molar-refractivity contribution in [1.82, 2.24) is 9.88 Å². The lowest BCUT2D eigenvalue weighted by atomic mass is 9.80. The van der Waals surface area contributed by atoms with Crippen molar-refractivity contribution in [1.29, 1.82) is 0 Å². The molecule has 0 bridgehead atoms. The highest BCUT2D eigenvalue weighted by atomic mass is 19.1. The van der Waals surface area contributed by atoms with Gasteiger partial charge in [-0.15, -0.1) is 0 Å². The molecule has 0 saturated carbocycles. The van der Waals surface area contributed by atoms with Crippen molar-refractivity contribution in [2.24, 2.45) is 5.16 Å². The van der Waals surface area contributed by atoms with Gasteiger partial charge < -0.3 is 24.4 Å². The molecule has 2 aliphatic heterocycles. The van der Waals surface area contributed by atoms with Gasteiger partial charge in [0.2, 0.25) is 5.60 Å². The zero-order chi connectivity index (χ0) is 30.1. The molecule has 222 valence electrons. The van der Waals surface area contributed by atoms with Crippen molar-refractivity contribution in [2.75, 3.05) is 37.7 Å². The van der Waals surface area contributed by atoms with E-state index < -0.39 is 11.4 Å². The number of oxime groups is 1. The van der Waals surface area contributed by atoms with Crippen LogP contribution in [0.1, 0.15) is 35.2 Å². The predicted octanol–water partition coefficient (Wildman–Crippen LogP) is 5.85. The third kappa shape index (κ3) is 4.72. The summed E-state index contributed by atoms with van der Waals surface area (Å²) < 4.78 is 23.9. The molecule has 1 atom stereocenters. The van der Waals surface area contributed by atoms with Crippen LogP contribution in [0, 0.1) is 5.82 Å². The quantitative estimate of drug-likeness (QED) is 0.147. The van der Waals surface area contributed by atoms with Crippen LogP contribution in [-0.2, 0) is 10.4 Å². The Hall–Kier alpha value is -4.95. The monoisotopic (exact) mass is 588 g/mol. The van der Waals surface area contributed by atoms with Gasteiger partial charge in [0.15, 0.2) is 17.0 Å². The van der Waals surface area contributed by atoms with Gasteiger partial charge in [-0.25, -0.2) is 4.39 Å². The summed E-state index contributed by atoms with van der Waals surface area (Å²) in [6.45, 7) is 5.21. The summed E-state index contributed by atoms with van der Waals surface area (Å²) in [5, 5.41) is 8.05. The Labute approximate surface area is 255 Å². The molecule has 1 unspecified atom stereocenters. The number of nitrogens with one attached hydrogen (secondary N) is 1. The lowest BCUT2D eigenvalue weighted by Gasteiger charge is -2.34. The fraction of sp³-hybridized carbons (Fsp3) is 0.222. The lowest BCUT2D eigenvalue weighted by molar-refractivity contribution is 0.0183. The molecule has 4 aromatic carbocycles. The van der Waals surface area contributed by atoms with Crippen molar-refractivity contribution in [3.05, 3.63) is 142 Å². The van der Waals surface area contributed by atoms with Crippen LogP contribution in [0.25, 0.3) is 10.9 Å². The number of hydrogen-bond donors (Lipinski definition) is 1. The summed E-state index contributed by atoms with van der Waals surface area (Å²) in [6, 6.07) is 31.0. The summed E-state index contributed by atoms with van der Waals surface area (Å²) >= 11 is 0. The molecule has 7 rings (SSSR count).